The first kappa shape index (κ1) is 31.3. The minimum absolute atomic E-state index is 0.0935. The minimum Gasteiger partial charge on any atom is -0.452 e. The molecule has 3 aromatic carbocycles. The third-order valence-electron chi connectivity index (χ3n) is 10.4. The zero-order valence-electron chi connectivity index (χ0n) is 27.1. The molecule has 2 aliphatic carbocycles. The van der Waals surface area contributed by atoms with Crippen molar-refractivity contribution in [2.75, 3.05) is 26.2 Å². The molecular formula is C38H47N2O5+. The van der Waals surface area contributed by atoms with E-state index in [-0.39, 0.29) is 23.9 Å². The molecule has 238 valence electrons. The van der Waals surface area contributed by atoms with Gasteiger partial charge in [0.1, 0.15) is 12.3 Å². The SMILES string of the molecule is CC(=O)Oc1cccc([C@]23CC[N@+](CC(C)C)(CC4CC4)CC2(OC(C)=O)CC[C@H](NC(=O)c2ccc4ccccc4c2)C3)c1. The summed E-state index contributed by atoms with van der Waals surface area (Å²) >= 11 is 0. The number of fused-ring (bicyclic) bond motifs is 2. The normalized spacial score (nSPS) is 27.9. The zero-order chi connectivity index (χ0) is 31.8. The number of piperidine rings is 1. The van der Waals surface area contributed by atoms with E-state index in [1.54, 1.807) is 6.07 Å². The van der Waals surface area contributed by atoms with E-state index in [1.807, 2.05) is 54.6 Å². The second kappa shape index (κ2) is 12.2. The Balaban J connectivity index is 1.39. The highest BCUT2D eigenvalue weighted by Crippen LogP contribution is 2.56. The Kier molecular flexibility index (Phi) is 8.51. The molecule has 2 saturated carbocycles. The van der Waals surface area contributed by atoms with Crippen LogP contribution < -0.4 is 10.1 Å². The van der Waals surface area contributed by atoms with Crippen LogP contribution in [0.4, 0.5) is 0 Å². The molecule has 45 heavy (non-hydrogen) atoms. The van der Waals surface area contributed by atoms with E-state index >= 15 is 0 Å². The van der Waals surface area contributed by atoms with E-state index < -0.39 is 11.0 Å². The third kappa shape index (κ3) is 6.51. The standard InChI is InChI=1S/C38H46N2O5/c1-26(2)23-40(24-29-12-13-29)19-18-37(33-10-7-11-35(21-33)44-27(3)41)22-34(16-17-38(37,25-40)45-28(4)42)39-36(43)32-15-14-30-8-5-6-9-31(30)20-32/h5-11,14-15,20-21,26,29,34H,12-13,16-19,22-25H2,1-4H3/p+1/t34-,37+,38?,40-/m0/s1. The number of amides is 1. The Morgan fingerprint density at radius 1 is 0.911 bits per heavy atom. The van der Waals surface area contributed by atoms with Crippen LogP contribution in [0.15, 0.2) is 66.7 Å². The van der Waals surface area contributed by atoms with Gasteiger partial charge in [-0.3, -0.25) is 14.4 Å². The van der Waals surface area contributed by atoms with Gasteiger partial charge < -0.3 is 19.3 Å². The Morgan fingerprint density at radius 2 is 1.69 bits per heavy atom. The third-order valence-corrected chi connectivity index (χ3v) is 10.4. The van der Waals surface area contributed by atoms with E-state index in [4.69, 9.17) is 9.47 Å². The molecule has 7 heteroatoms. The van der Waals surface area contributed by atoms with Crippen LogP contribution in [0.3, 0.4) is 0 Å². The summed E-state index contributed by atoms with van der Waals surface area (Å²) in [6.07, 6.45) is 5.35. The van der Waals surface area contributed by atoms with Crippen LogP contribution in [0.1, 0.15) is 82.1 Å². The lowest BCUT2D eigenvalue weighted by atomic mass is 9.54. The summed E-state index contributed by atoms with van der Waals surface area (Å²) < 4.78 is 13.1. The summed E-state index contributed by atoms with van der Waals surface area (Å²) in [7, 11) is 0. The van der Waals surface area contributed by atoms with Crippen LogP contribution in [-0.4, -0.2) is 60.2 Å². The largest absolute Gasteiger partial charge is 0.452 e. The van der Waals surface area contributed by atoms with Gasteiger partial charge >= 0.3 is 11.9 Å². The fourth-order valence-corrected chi connectivity index (χ4v) is 8.70. The first-order valence-corrected chi connectivity index (χ1v) is 16.6. The van der Waals surface area contributed by atoms with Gasteiger partial charge in [-0.25, -0.2) is 0 Å². The number of nitrogens with zero attached hydrogens (tertiary/aromatic N) is 1. The maximum Gasteiger partial charge on any atom is 0.308 e. The summed E-state index contributed by atoms with van der Waals surface area (Å²) in [6, 6.07) is 21.5. The molecule has 1 amide bonds. The average molecular weight is 612 g/mol. The number of likely N-dealkylation sites (tertiary alicyclic amines) is 1. The molecule has 0 aromatic heterocycles. The number of rotatable bonds is 9. The van der Waals surface area contributed by atoms with Crippen molar-refractivity contribution in [2.24, 2.45) is 11.8 Å². The topological polar surface area (TPSA) is 81.7 Å². The molecule has 3 fully saturated rings. The van der Waals surface area contributed by atoms with Gasteiger partial charge in [0.25, 0.3) is 5.91 Å². The van der Waals surface area contributed by atoms with Crippen molar-refractivity contribution in [1.82, 2.24) is 5.32 Å². The molecule has 3 aromatic rings. The molecule has 0 spiro atoms. The van der Waals surface area contributed by atoms with E-state index in [2.05, 4.69) is 25.2 Å². The molecule has 1 N–H and O–H groups in total. The predicted octanol–water partition coefficient (Wildman–Crippen LogP) is 6.57. The van der Waals surface area contributed by atoms with Gasteiger partial charge in [0, 0.05) is 49.1 Å². The highest BCUT2D eigenvalue weighted by molar-refractivity contribution is 5.98. The number of hydrogen-bond acceptors (Lipinski definition) is 5. The molecule has 7 nitrogen and oxygen atoms in total. The van der Waals surface area contributed by atoms with Crippen LogP contribution in [0.5, 0.6) is 5.75 Å². The number of esters is 2. The number of ether oxygens (including phenoxy) is 2. The van der Waals surface area contributed by atoms with Crippen molar-refractivity contribution in [3.05, 3.63) is 77.9 Å². The molecule has 3 aliphatic rings. The van der Waals surface area contributed by atoms with Crippen molar-refractivity contribution >= 4 is 28.6 Å². The second-order valence-electron chi connectivity index (χ2n) is 14.4. The fourth-order valence-electron chi connectivity index (χ4n) is 8.70. The second-order valence-corrected chi connectivity index (χ2v) is 14.4. The lowest BCUT2D eigenvalue weighted by molar-refractivity contribution is -0.945. The maximum atomic E-state index is 13.7. The maximum absolute atomic E-state index is 13.7. The first-order valence-electron chi connectivity index (χ1n) is 16.6. The highest BCUT2D eigenvalue weighted by atomic mass is 16.6. The van der Waals surface area contributed by atoms with Gasteiger partial charge in [0.05, 0.1) is 19.6 Å². The molecule has 0 radical (unpaired) electrons. The number of carbonyl (C=O) groups is 3. The van der Waals surface area contributed by atoms with Gasteiger partial charge in [-0.2, -0.15) is 0 Å². The molecule has 1 aliphatic heterocycles. The predicted molar refractivity (Wildman–Crippen MR) is 175 cm³/mol. The van der Waals surface area contributed by atoms with Crippen LogP contribution in [0, 0.1) is 11.8 Å². The molecule has 1 heterocycles. The number of quaternary nitrogens is 1. The van der Waals surface area contributed by atoms with Gasteiger partial charge in [-0.05, 0) is 72.7 Å². The van der Waals surface area contributed by atoms with Gasteiger partial charge in [0.15, 0.2) is 5.60 Å². The van der Waals surface area contributed by atoms with Crippen LogP contribution in [0.25, 0.3) is 10.8 Å². The Hall–Kier alpha value is -3.71. The summed E-state index contributed by atoms with van der Waals surface area (Å²) in [5.41, 5.74) is 0.328. The number of benzene rings is 3. The van der Waals surface area contributed by atoms with Crippen LogP contribution >= 0.6 is 0 Å². The van der Waals surface area contributed by atoms with E-state index in [9.17, 15) is 14.4 Å². The van der Waals surface area contributed by atoms with Crippen molar-refractivity contribution in [3.63, 3.8) is 0 Å². The fraction of sp³-hybridized carbons (Fsp3) is 0.500. The first-order chi connectivity index (χ1) is 21.5. The Labute approximate surface area is 266 Å². The van der Waals surface area contributed by atoms with E-state index in [1.165, 1.54) is 26.7 Å². The highest BCUT2D eigenvalue weighted by Gasteiger charge is 2.65. The number of hydrogen-bond donors (Lipinski definition) is 1. The van der Waals surface area contributed by atoms with Crippen LogP contribution in [0.2, 0.25) is 0 Å². The molecule has 4 atom stereocenters. The Morgan fingerprint density at radius 3 is 2.40 bits per heavy atom. The monoisotopic (exact) mass is 611 g/mol. The summed E-state index contributed by atoms with van der Waals surface area (Å²) in [5, 5.41) is 5.50. The number of nitrogens with one attached hydrogen (secondary N) is 1. The van der Waals surface area contributed by atoms with Gasteiger partial charge in [-0.1, -0.05) is 56.3 Å². The van der Waals surface area contributed by atoms with Crippen molar-refractivity contribution in [3.8, 4) is 5.75 Å². The Bertz CT molecular complexity index is 1590. The zero-order valence-corrected chi connectivity index (χ0v) is 27.1. The summed E-state index contributed by atoms with van der Waals surface area (Å²) in [5.74, 6) is 0.987. The van der Waals surface area contributed by atoms with Gasteiger partial charge in [-0.15, -0.1) is 0 Å². The number of carbonyl (C=O) groups excluding carboxylic acids is 3. The smallest absolute Gasteiger partial charge is 0.308 e. The molecule has 1 unspecified atom stereocenters. The van der Waals surface area contributed by atoms with Crippen molar-refractivity contribution < 1.29 is 28.3 Å². The minimum atomic E-state index is -0.750. The lowest BCUT2D eigenvalue weighted by Crippen LogP contribution is -2.74. The average Bonchev–Trinajstić information content (AvgIpc) is 3.80. The van der Waals surface area contributed by atoms with Crippen molar-refractivity contribution in [2.45, 2.75) is 83.3 Å². The molecule has 0 bridgehead atoms. The summed E-state index contributed by atoms with van der Waals surface area (Å²) in [6.45, 7) is 11.4. The quantitative estimate of drug-likeness (QED) is 0.168. The molecular weight excluding hydrogens is 564 g/mol. The molecule has 6 rings (SSSR count). The van der Waals surface area contributed by atoms with Crippen molar-refractivity contribution in [1.29, 1.82) is 0 Å². The van der Waals surface area contributed by atoms with Crippen LogP contribution in [-0.2, 0) is 19.7 Å². The summed E-state index contributed by atoms with van der Waals surface area (Å²) in [4.78, 5) is 38.6. The van der Waals surface area contributed by atoms with E-state index in [0.29, 0.717) is 36.5 Å². The lowest BCUT2D eigenvalue weighted by Gasteiger charge is -2.62. The van der Waals surface area contributed by atoms with Gasteiger partial charge in [0.2, 0.25) is 0 Å². The van der Waals surface area contributed by atoms with E-state index in [0.717, 1.165) is 59.3 Å². The molecule has 1 saturated heterocycles.